The third-order valence-electron chi connectivity index (χ3n) is 3.49. The quantitative estimate of drug-likeness (QED) is 0.877. The van der Waals surface area contributed by atoms with Gasteiger partial charge in [0.05, 0.1) is 11.6 Å². The lowest BCUT2D eigenvalue weighted by Crippen LogP contribution is -2.47. The van der Waals surface area contributed by atoms with Crippen LogP contribution in [-0.2, 0) is 6.54 Å². The number of urea groups is 1. The molecule has 1 aliphatic rings. The first kappa shape index (κ1) is 15.6. The van der Waals surface area contributed by atoms with E-state index in [9.17, 15) is 4.79 Å². The second-order valence-electron chi connectivity index (χ2n) is 5.06. The lowest BCUT2D eigenvalue weighted by atomic mass is 9.95. The SMILES string of the molecule is CCS[C@@H]1CCCC[C@H]1NC(=O)NCc1cnc(C)s1. The second kappa shape index (κ2) is 7.88. The molecule has 0 spiro atoms. The number of nitrogens with one attached hydrogen (secondary N) is 2. The van der Waals surface area contributed by atoms with Gasteiger partial charge in [-0.2, -0.15) is 11.8 Å². The summed E-state index contributed by atoms with van der Waals surface area (Å²) in [7, 11) is 0. The molecule has 1 fully saturated rings. The summed E-state index contributed by atoms with van der Waals surface area (Å²) in [4.78, 5) is 17.3. The molecule has 0 unspecified atom stereocenters. The molecular weight excluding hydrogens is 290 g/mol. The van der Waals surface area contributed by atoms with Crippen molar-refractivity contribution < 1.29 is 4.79 Å². The summed E-state index contributed by atoms with van der Waals surface area (Å²) in [6.07, 6.45) is 6.66. The molecule has 20 heavy (non-hydrogen) atoms. The number of carbonyl (C=O) groups excluding carboxylic acids is 1. The van der Waals surface area contributed by atoms with Gasteiger partial charge in [0.2, 0.25) is 0 Å². The number of hydrogen-bond acceptors (Lipinski definition) is 4. The summed E-state index contributed by atoms with van der Waals surface area (Å²) in [5.41, 5.74) is 0. The molecule has 2 amide bonds. The van der Waals surface area contributed by atoms with Crippen LogP contribution in [0.4, 0.5) is 4.79 Å². The molecule has 1 saturated carbocycles. The highest BCUT2D eigenvalue weighted by Gasteiger charge is 2.26. The summed E-state index contributed by atoms with van der Waals surface area (Å²) in [5.74, 6) is 1.12. The summed E-state index contributed by atoms with van der Waals surface area (Å²) < 4.78 is 0. The van der Waals surface area contributed by atoms with Crippen LogP contribution in [0.1, 0.15) is 42.5 Å². The molecule has 1 aromatic rings. The standard InChI is InChI=1S/C14H23N3OS2/c1-3-19-13-7-5-4-6-12(13)17-14(18)16-9-11-8-15-10(2)20-11/h8,12-13H,3-7,9H2,1-2H3,(H2,16,17,18)/t12-,13-/m1/s1. The van der Waals surface area contributed by atoms with Crippen molar-refractivity contribution in [2.75, 3.05) is 5.75 Å². The summed E-state index contributed by atoms with van der Waals surface area (Å²) >= 11 is 3.60. The Morgan fingerprint density at radius 1 is 1.50 bits per heavy atom. The van der Waals surface area contributed by atoms with E-state index in [1.54, 1.807) is 11.3 Å². The number of rotatable bonds is 5. The Bertz CT molecular complexity index is 434. The van der Waals surface area contributed by atoms with Crippen molar-refractivity contribution in [2.45, 2.75) is 57.4 Å². The highest BCUT2D eigenvalue weighted by Crippen LogP contribution is 2.28. The van der Waals surface area contributed by atoms with Crippen molar-refractivity contribution in [1.82, 2.24) is 15.6 Å². The Kier molecular flexibility index (Phi) is 6.16. The zero-order valence-electron chi connectivity index (χ0n) is 12.1. The molecule has 0 saturated heterocycles. The molecule has 112 valence electrons. The first-order valence-electron chi connectivity index (χ1n) is 7.26. The molecule has 4 nitrogen and oxygen atoms in total. The maximum absolute atomic E-state index is 12.0. The summed E-state index contributed by atoms with van der Waals surface area (Å²) in [6.45, 7) is 4.72. The van der Waals surface area contributed by atoms with Gasteiger partial charge in [-0.3, -0.25) is 0 Å². The molecule has 1 aliphatic carbocycles. The van der Waals surface area contributed by atoms with Gasteiger partial charge in [-0.15, -0.1) is 11.3 Å². The number of aromatic nitrogens is 1. The number of aryl methyl sites for hydroxylation is 1. The van der Waals surface area contributed by atoms with Gasteiger partial charge in [0.25, 0.3) is 0 Å². The van der Waals surface area contributed by atoms with Crippen molar-refractivity contribution in [2.24, 2.45) is 0 Å². The summed E-state index contributed by atoms with van der Waals surface area (Å²) in [5, 5.41) is 7.69. The fourth-order valence-corrected chi connectivity index (χ4v) is 4.48. The largest absolute Gasteiger partial charge is 0.334 e. The van der Waals surface area contributed by atoms with Crippen LogP contribution in [0.25, 0.3) is 0 Å². The van der Waals surface area contributed by atoms with Gasteiger partial charge in [-0.1, -0.05) is 19.8 Å². The third-order valence-corrected chi connectivity index (χ3v) is 5.73. The maximum atomic E-state index is 12.0. The Labute approximate surface area is 129 Å². The van der Waals surface area contributed by atoms with Gasteiger partial charge in [0.1, 0.15) is 0 Å². The monoisotopic (exact) mass is 313 g/mol. The molecule has 2 rings (SSSR count). The molecule has 2 N–H and O–H groups in total. The van der Waals surface area contributed by atoms with E-state index in [-0.39, 0.29) is 6.03 Å². The van der Waals surface area contributed by atoms with Crippen LogP contribution in [-0.4, -0.2) is 28.1 Å². The average molecular weight is 313 g/mol. The van der Waals surface area contributed by atoms with Crippen molar-refractivity contribution in [3.8, 4) is 0 Å². The lowest BCUT2D eigenvalue weighted by Gasteiger charge is -2.31. The number of amides is 2. The molecule has 6 heteroatoms. The summed E-state index contributed by atoms with van der Waals surface area (Å²) in [6, 6.07) is 0.265. The van der Waals surface area contributed by atoms with Crippen molar-refractivity contribution in [1.29, 1.82) is 0 Å². The van der Waals surface area contributed by atoms with Gasteiger partial charge < -0.3 is 10.6 Å². The number of carbonyl (C=O) groups is 1. The second-order valence-corrected chi connectivity index (χ2v) is 7.89. The van der Waals surface area contributed by atoms with Crippen molar-refractivity contribution >= 4 is 29.1 Å². The van der Waals surface area contributed by atoms with E-state index in [1.807, 2.05) is 24.9 Å². The minimum atomic E-state index is -0.0512. The molecule has 0 bridgehead atoms. The zero-order chi connectivity index (χ0) is 14.4. The predicted molar refractivity (Wildman–Crippen MR) is 86.4 cm³/mol. The van der Waals surface area contributed by atoms with Gasteiger partial charge >= 0.3 is 6.03 Å². The number of nitrogens with zero attached hydrogens (tertiary/aromatic N) is 1. The number of thioether (sulfide) groups is 1. The maximum Gasteiger partial charge on any atom is 0.315 e. The number of thiazole rings is 1. The topological polar surface area (TPSA) is 54.0 Å². The number of hydrogen-bond donors (Lipinski definition) is 2. The van der Waals surface area contributed by atoms with E-state index < -0.39 is 0 Å². The van der Waals surface area contributed by atoms with E-state index in [4.69, 9.17) is 0 Å². The molecule has 1 heterocycles. The van der Waals surface area contributed by atoms with E-state index in [1.165, 1.54) is 19.3 Å². The Balaban J connectivity index is 1.77. The molecule has 0 radical (unpaired) electrons. The smallest absolute Gasteiger partial charge is 0.315 e. The fraction of sp³-hybridized carbons (Fsp3) is 0.714. The molecule has 0 aliphatic heterocycles. The minimum absolute atomic E-state index is 0.0512. The van der Waals surface area contributed by atoms with Gasteiger partial charge in [-0.25, -0.2) is 9.78 Å². The lowest BCUT2D eigenvalue weighted by molar-refractivity contribution is 0.233. The van der Waals surface area contributed by atoms with E-state index >= 15 is 0 Å². The molecule has 0 aromatic carbocycles. The predicted octanol–water partition coefficient (Wildman–Crippen LogP) is 3.32. The van der Waals surface area contributed by atoms with E-state index in [2.05, 4.69) is 22.5 Å². The normalized spacial score (nSPS) is 22.5. The minimum Gasteiger partial charge on any atom is -0.334 e. The van der Waals surface area contributed by atoms with Crippen LogP contribution in [0.15, 0.2) is 6.20 Å². The van der Waals surface area contributed by atoms with Gasteiger partial charge in [0.15, 0.2) is 0 Å². The van der Waals surface area contributed by atoms with Crippen LogP contribution in [0.5, 0.6) is 0 Å². The van der Waals surface area contributed by atoms with Gasteiger partial charge in [0, 0.05) is 22.4 Å². The average Bonchev–Trinajstić information content (AvgIpc) is 2.85. The zero-order valence-corrected chi connectivity index (χ0v) is 13.8. The first-order chi connectivity index (χ1) is 9.69. The van der Waals surface area contributed by atoms with Crippen molar-refractivity contribution in [3.63, 3.8) is 0 Å². The molecule has 2 atom stereocenters. The van der Waals surface area contributed by atoms with Crippen molar-refractivity contribution in [3.05, 3.63) is 16.1 Å². The van der Waals surface area contributed by atoms with E-state index in [0.29, 0.717) is 17.8 Å². The Morgan fingerprint density at radius 3 is 3.00 bits per heavy atom. The Morgan fingerprint density at radius 2 is 2.30 bits per heavy atom. The first-order valence-corrected chi connectivity index (χ1v) is 9.13. The van der Waals surface area contributed by atoms with Crippen LogP contribution in [0.2, 0.25) is 0 Å². The van der Waals surface area contributed by atoms with Crippen LogP contribution in [0.3, 0.4) is 0 Å². The highest BCUT2D eigenvalue weighted by atomic mass is 32.2. The fourth-order valence-electron chi connectivity index (χ4n) is 2.55. The third kappa shape index (κ3) is 4.66. The van der Waals surface area contributed by atoms with Crippen LogP contribution >= 0.6 is 23.1 Å². The van der Waals surface area contributed by atoms with Crippen LogP contribution in [0, 0.1) is 6.92 Å². The molecular formula is C14H23N3OS2. The van der Waals surface area contributed by atoms with E-state index in [0.717, 1.165) is 22.1 Å². The Hall–Kier alpha value is -0.750. The highest BCUT2D eigenvalue weighted by molar-refractivity contribution is 7.99. The van der Waals surface area contributed by atoms with Crippen LogP contribution < -0.4 is 10.6 Å². The van der Waals surface area contributed by atoms with Gasteiger partial charge in [-0.05, 0) is 25.5 Å². The molecule has 1 aromatic heterocycles.